The van der Waals surface area contributed by atoms with Crippen LogP contribution in [0.2, 0.25) is 0 Å². The lowest BCUT2D eigenvalue weighted by Gasteiger charge is -2.26. The summed E-state index contributed by atoms with van der Waals surface area (Å²) >= 11 is 0. The Kier molecular flexibility index (Phi) is 4.59. The number of carboxylic acids is 1. The molecule has 0 saturated carbocycles. The Balaban J connectivity index is 2.94. The molecule has 0 amide bonds. The van der Waals surface area contributed by atoms with Crippen LogP contribution in [0.3, 0.4) is 0 Å². The fourth-order valence-corrected chi connectivity index (χ4v) is 1.54. The van der Waals surface area contributed by atoms with Gasteiger partial charge in [-0.25, -0.2) is 4.98 Å². The van der Waals surface area contributed by atoms with Gasteiger partial charge in [0.15, 0.2) is 0 Å². The SMILES string of the molecule is CC(C)(CCC(=O)O)Nc1ncc([N+](=O)[O-])cc1C#N. The van der Waals surface area contributed by atoms with E-state index in [0.29, 0.717) is 6.42 Å². The largest absolute Gasteiger partial charge is 0.481 e. The molecule has 0 aliphatic heterocycles. The van der Waals surface area contributed by atoms with Gasteiger partial charge in [0, 0.05) is 18.0 Å². The number of pyridine rings is 1. The number of carbonyl (C=O) groups is 1. The summed E-state index contributed by atoms with van der Waals surface area (Å²) in [5.41, 5.74) is -0.828. The molecule has 0 aliphatic carbocycles. The van der Waals surface area contributed by atoms with E-state index in [0.717, 1.165) is 12.3 Å². The molecule has 0 spiro atoms. The second-order valence-corrected chi connectivity index (χ2v) is 4.86. The highest BCUT2D eigenvalue weighted by Crippen LogP contribution is 2.23. The molecule has 1 aromatic heterocycles. The second kappa shape index (κ2) is 5.97. The van der Waals surface area contributed by atoms with Crippen LogP contribution in [0.25, 0.3) is 0 Å². The van der Waals surface area contributed by atoms with Crippen LogP contribution in [-0.4, -0.2) is 26.5 Å². The number of nitrogens with zero attached hydrogens (tertiary/aromatic N) is 3. The summed E-state index contributed by atoms with van der Waals surface area (Å²) in [6, 6.07) is 2.96. The molecule has 1 rings (SSSR count). The fraction of sp³-hybridized carbons (Fsp3) is 0.417. The maximum atomic E-state index is 10.6. The number of anilines is 1. The van der Waals surface area contributed by atoms with E-state index < -0.39 is 16.4 Å². The van der Waals surface area contributed by atoms with Gasteiger partial charge in [-0.15, -0.1) is 0 Å². The zero-order chi connectivity index (χ0) is 15.3. The minimum absolute atomic E-state index is 0.0329. The smallest absolute Gasteiger partial charge is 0.303 e. The summed E-state index contributed by atoms with van der Waals surface area (Å²) in [6.07, 6.45) is 1.34. The van der Waals surface area contributed by atoms with Gasteiger partial charge < -0.3 is 10.4 Å². The molecule has 20 heavy (non-hydrogen) atoms. The highest BCUT2D eigenvalue weighted by molar-refractivity contribution is 5.67. The third-order valence-corrected chi connectivity index (χ3v) is 2.63. The first kappa shape index (κ1) is 15.4. The van der Waals surface area contributed by atoms with Gasteiger partial charge in [0.1, 0.15) is 23.6 Å². The van der Waals surface area contributed by atoms with Gasteiger partial charge in [-0.3, -0.25) is 14.9 Å². The van der Waals surface area contributed by atoms with Crippen molar-refractivity contribution in [1.29, 1.82) is 5.26 Å². The van der Waals surface area contributed by atoms with E-state index in [9.17, 15) is 14.9 Å². The van der Waals surface area contributed by atoms with E-state index in [2.05, 4.69) is 10.3 Å². The molecule has 0 bridgehead atoms. The van der Waals surface area contributed by atoms with Crippen molar-refractivity contribution in [3.63, 3.8) is 0 Å². The number of aromatic nitrogens is 1. The maximum absolute atomic E-state index is 10.6. The quantitative estimate of drug-likeness (QED) is 0.600. The summed E-state index contributed by atoms with van der Waals surface area (Å²) in [7, 11) is 0. The zero-order valence-corrected chi connectivity index (χ0v) is 11.1. The van der Waals surface area contributed by atoms with E-state index >= 15 is 0 Å². The van der Waals surface area contributed by atoms with Gasteiger partial charge in [-0.05, 0) is 20.3 Å². The van der Waals surface area contributed by atoms with Gasteiger partial charge in [-0.1, -0.05) is 0 Å². The first-order valence-corrected chi connectivity index (χ1v) is 5.80. The number of nitrogens with one attached hydrogen (secondary N) is 1. The van der Waals surface area contributed by atoms with Crippen LogP contribution >= 0.6 is 0 Å². The molecule has 2 N–H and O–H groups in total. The van der Waals surface area contributed by atoms with Crippen molar-refractivity contribution >= 4 is 17.5 Å². The van der Waals surface area contributed by atoms with E-state index in [1.807, 2.05) is 6.07 Å². The number of hydrogen-bond acceptors (Lipinski definition) is 6. The molecule has 1 aromatic rings. The molecule has 0 radical (unpaired) electrons. The molecule has 0 unspecified atom stereocenters. The maximum Gasteiger partial charge on any atom is 0.303 e. The molecule has 0 atom stereocenters. The standard InChI is InChI=1S/C12H14N4O4/c1-12(2,4-3-10(17)18)15-11-8(6-13)5-9(7-14-11)16(19)20/h5,7H,3-4H2,1-2H3,(H,14,15)(H,17,18). The van der Waals surface area contributed by atoms with Crippen LogP contribution in [0, 0.1) is 21.4 Å². The monoisotopic (exact) mass is 278 g/mol. The Hall–Kier alpha value is -2.69. The normalized spacial score (nSPS) is 10.7. The third-order valence-electron chi connectivity index (χ3n) is 2.63. The van der Waals surface area contributed by atoms with Crippen LogP contribution in [0.1, 0.15) is 32.3 Å². The highest BCUT2D eigenvalue weighted by Gasteiger charge is 2.22. The van der Waals surface area contributed by atoms with Crippen molar-refractivity contribution in [2.75, 3.05) is 5.32 Å². The summed E-state index contributed by atoms with van der Waals surface area (Å²) in [5, 5.41) is 31.2. The minimum atomic E-state index is -0.919. The Morgan fingerprint density at radius 2 is 2.30 bits per heavy atom. The van der Waals surface area contributed by atoms with Crippen molar-refractivity contribution < 1.29 is 14.8 Å². The van der Waals surface area contributed by atoms with E-state index in [1.165, 1.54) is 0 Å². The lowest BCUT2D eigenvalue weighted by atomic mass is 9.98. The lowest BCUT2D eigenvalue weighted by molar-refractivity contribution is -0.385. The van der Waals surface area contributed by atoms with E-state index in [-0.39, 0.29) is 23.5 Å². The summed E-state index contributed by atoms with van der Waals surface area (Å²) < 4.78 is 0. The Labute approximate surface area is 115 Å². The van der Waals surface area contributed by atoms with Crippen LogP contribution in [0.15, 0.2) is 12.3 Å². The Morgan fingerprint density at radius 1 is 1.65 bits per heavy atom. The van der Waals surface area contributed by atoms with E-state index in [4.69, 9.17) is 10.4 Å². The number of nitro groups is 1. The Morgan fingerprint density at radius 3 is 2.80 bits per heavy atom. The number of hydrogen-bond donors (Lipinski definition) is 2. The minimum Gasteiger partial charge on any atom is -0.481 e. The van der Waals surface area contributed by atoms with Crippen molar-refractivity contribution in [2.24, 2.45) is 0 Å². The Bertz CT molecular complexity index is 577. The van der Waals surface area contributed by atoms with Gasteiger partial charge >= 0.3 is 5.97 Å². The molecule has 0 fully saturated rings. The molecule has 8 nitrogen and oxygen atoms in total. The lowest BCUT2D eigenvalue weighted by Crippen LogP contribution is -2.32. The molecule has 8 heteroatoms. The molecule has 1 heterocycles. The first-order valence-electron chi connectivity index (χ1n) is 5.80. The molecule has 0 saturated heterocycles. The number of nitriles is 1. The van der Waals surface area contributed by atoms with E-state index in [1.54, 1.807) is 13.8 Å². The van der Waals surface area contributed by atoms with Crippen LogP contribution in [-0.2, 0) is 4.79 Å². The number of carboxylic acid groups (broad SMARTS) is 1. The second-order valence-electron chi connectivity index (χ2n) is 4.86. The average Bonchev–Trinajstić information content (AvgIpc) is 2.36. The van der Waals surface area contributed by atoms with Gasteiger partial charge in [0.05, 0.1) is 4.92 Å². The van der Waals surface area contributed by atoms with Gasteiger partial charge in [0.25, 0.3) is 5.69 Å². The van der Waals surface area contributed by atoms with Gasteiger partial charge in [-0.2, -0.15) is 5.26 Å². The predicted molar refractivity (Wildman–Crippen MR) is 70.2 cm³/mol. The third kappa shape index (κ3) is 4.20. The molecule has 0 aliphatic rings. The molecular weight excluding hydrogens is 264 g/mol. The number of rotatable bonds is 6. The van der Waals surface area contributed by atoms with Crippen LogP contribution < -0.4 is 5.32 Å². The molecule has 0 aromatic carbocycles. The van der Waals surface area contributed by atoms with Crippen LogP contribution in [0.4, 0.5) is 11.5 Å². The highest BCUT2D eigenvalue weighted by atomic mass is 16.6. The average molecular weight is 278 g/mol. The van der Waals surface area contributed by atoms with Crippen molar-refractivity contribution in [3.8, 4) is 6.07 Å². The number of aliphatic carboxylic acids is 1. The summed E-state index contributed by atoms with van der Waals surface area (Å²) in [5.74, 6) is -0.717. The predicted octanol–water partition coefficient (Wildman–Crippen LogP) is 1.92. The van der Waals surface area contributed by atoms with Crippen molar-refractivity contribution in [2.45, 2.75) is 32.2 Å². The topological polar surface area (TPSA) is 129 Å². The fourth-order valence-electron chi connectivity index (χ4n) is 1.54. The first-order chi connectivity index (χ1) is 9.25. The summed E-state index contributed by atoms with van der Waals surface area (Å²) in [4.78, 5) is 24.4. The van der Waals surface area contributed by atoms with Gasteiger partial charge in [0.2, 0.25) is 0 Å². The van der Waals surface area contributed by atoms with Crippen LogP contribution in [0.5, 0.6) is 0 Å². The summed E-state index contributed by atoms with van der Waals surface area (Å²) in [6.45, 7) is 3.53. The van der Waals surface area contributed by atoms with Crippen molar-refractivity contribution in [1.82, 2.24) is 4.98 Å². The van der Waals surface area contributed by atoms with Crippen molar-refractivity contribution in [3.05, 3.63) is 27.9 Å². The molecule has 106 valence electrons. The molecular formula is C12H14N4O4. The zero-order valence-electron chi connectivity index (χ0n) is 11.1.